The smallest absolute Gasteiger partial charge is 0.335 e. The molecule has 2 aromatic rings. The average molecular weight is 282 g/mol. The van der Waals surface area contributed by atoms with Crippen molar-refractivity contribution in [3.63, 3.8) is 0 Å². The van der Waals surface area contributed by atoms with E-state index in [0.717, 1.165) is 12.1 Å². The van der Waals surface area contributed by atoms with Crippen molar-refractivity contribution >= 4 is 11.7 Å². The summed E-state index contributed by atoms with van der Waals surface area (Å²) in [5.74, 6) is -2.60. The molecule has 1 aromatic carbocycles. The first kappa shape index (κ1) is 13.9. The van der Waals surface area contributed by atoms with Crippen molar-refractivity contribution in [1.29, 1.82) is 0 Å². The van der Waals surface area contributed by atoms with Crippen molar-refractivity contribution in [2.24, 2.45) is 7.05 Å². The average Bonchev–Trinajstić information content (AvgIpc) is 2.78. The fraction of sp³-hybridized carbons (Fsp3) is 0.250. The standard InChI is InChI=1S/C12H12F2N4O2/c1-18-6-16-17-10(18)2-3-15-11-8(13)4-7(12(19)20)5-9(11)14/h4-6,15H,2-3H2,1H3,(H,19,20). The summed E-state index contributed by atoms with van der Waals surface area (Å²) in [6.45, 7) is 0.243. The van der Waals surface area contributed by atoms with Gasteiger partial charge in [-0.15, -0.1) is 10.2 Å². The van der Waals surface area contributed by atoms with E-state index in [1.807, 2.05) is 0 Å². The van der Waals surface area contributed by atoms with Gasteiger partial charge in [0.15, 0.2) is 0 Å². The van der Waals surface area contributed by atoms with Crippen LogP contribution >= 0.6 is 0 Å². The fourth-order valence-corrected chi connectivity index (χ4v) is 1.70. The van der Waals surface area contributed by atoms with E-state index in [1.165, 1.54) is 6.33 Å². The Bertz CT molecular complexity index is 619. The largest absolute Gasteiger partial charge is 0.478 e. The lowest BCUT2D eigenvalue weighted by molar-refractivity contribution is 0.0696. The van der Waals surface area contributed by atoms with Gasteiger partial charge in [0.25, 0.3) is 0 Å². The molecule has 0 aliphatic rings. The van der Waals surface area contributed by atoms with Crippen LogP contribution in [0.3, 0.4) is 0 Å². The quantitative estimate of drug-likeness (QED) is 0.867. The Morgan fingerprint density at radius 2 is 2.05 bits per heavy atom. The third kappa shape index (κ3) is 2.90. The number of aryl methyl sites for hydroxylation is 1. The minimum Gasteiger partial charge on any atom is -0.478 e. The molecule has 1 heterocycles. The second kappa shape index (κ2) is 5.64. The molecule has 0 saturated heterocycles. The number of anilines is 1. The van der Waals surface area contributed by atoms with Gasteiger partial charge in [-0.2, -0.15) is 0 Å². The van der Waals surface area contributed by atoms with Crippen molar-refractivity contribution in [3.05, 3.63) is 41.5 Å². The highest BCUT2D eigenvalue weighted by Gasteiger charge is 2.14. The van der Waals surface area contributed by atoms with E-state index >= 15 is 0 Å². The maximum atomic E-state index is 13.6. The molecule has 1 aromatic heterocycles. The van der Waals surface area contributed by atoms with Gasteiger partial charge in [-0.3, -0.25) is 0 Å². The van der Waals surface area contributed by atoms with Crippen LogP contribution in [0.2, 0.25) is 0 Å². The molecule has 0 atom stereocenters. The van der Waals surface area contributed by atoms with E-state index in [1.54, 1.807) is 11.6 Å². The van der Waals surface area contributed by atoms with E-state index in [9.17, 15) is 13.6 Å². The third-order valence-electron chi connectivity index (χ3n) is 2.74. The second-order valence-corrected chi connectivity index (χ2v) is 4.15. The van der Waals surface area contributed by atoms with Crippen LogP contribution in [0.5, 0.6) is 0 Å². The molecule has 0 amide bonds. The van der Waals surface area contributed by atoms with E-state index in [-0.39, 0.29) is 12.2 Å². The van der Waals surface area contributed by atoms with Crippen LogP contribution < -0.4 is 5.32 Å². The number of aromatic nitrogens is 3. The number of nitrogens with zero attached hydrogens (tertiary/aromatic N) is 3. The zero-order valence-corrected chi connectivity index (χ0v) is 10.6. The number of nitrogens with one attached hydrogen (secondary N) is 1. The highest BCUT2D eigenvalue weighted by Crippen LogP contribution is 2.20. The summed E-state index contributed by atoms with van der Waals surface area (Å²) in [4.78, 5) is 10.7. The highest BCUT2D eigenvalue weighted by atomic mass is 19.1. The van der Waals surface area contributed by atoms with Crippen molar-refractivity contribution in [3.8, 4) is 0 Å². The molecule has 0 saturated carbocycles. The summed E-state index contributed by atoms with van der Waals surface area (Å²) in [6, 6.07) is 1.55. The van der Waals surface area contributed by atoms with Crippen molar-refractivity contribution in [2.75, 3.05) is 11.9 Å². The number of carboxylic acids is 1. The molecule has 0 aliphatic heterocycles. The Kier molecular flexibility index (Phi) is 3.92. The summed E-state index contributed by atoms with van der Waals surface area (Å²) in [5.41, 5.74) is -0.781. The zero-order valence-electron chi connectivity index (χ0n) is 10.6. The van der Waals surface area contributed by atoms with Gasteiger partial charge < -0.3 is 15.0 Å². The molecule has 2 rings (SSSR count). The van der Waals surface area contributed by atoms with Crippen LogP contribution in [0.15, 0.2) is 18.5 Å². The van der Waals surface area contributed by atoms with Crippen LogP contribution in [0.4, 0.5) is 14.5 Å². The molecule has 0 bridgehead atoms. The van der Waals surface area contributed by atoms with Crippen LogP contribution in [-0.4, -0.2) is 32.4 Å². The van der Waals surface area contributed by atoms with Gasteiger partial charge in [-0.05, 0) is 12.1 Å². The number of hydrogen-bond donors (Lipinski definition) is 2. The normalized spacial score (nSPS) is 10.6. The minimum absolute atomic E-state index is 0.243. The first-order valence-electron chi connectivity index (χ1n) is 5.78. The first-order chi connectivity index (χ1) is 9.49. The summed E-state index contributed by atoms with van der Waals surface area (Å²) >= 11 is 0. The Labute approximate surface area is 113 Å². The van der Waals surface area contributed by atoms with Gasteiger partial charge >= 0.3 is 5.97 Å². The predicted octanol–water partition coefficient (Wildman–Crippen LogP) is 1.45. The molecule has 0 fully saturated rings. The predicted molar refractivity (Wildman–Crippen MR) is 66.5 cm³/mol. The molecule has 8 heteroatoms. The second-order valence-electron chi connectivity index (χ2n) is 4.15. The minimum atomic E-state index is -1.38. The molecule has 6 nitrogen and oxygen atoms in total. The van der Waals surface area contributed by atoms with Crippen LogP contribution in [0, 0.1) is 11.6 Å². The van der Waals surface area contributed by atoms with Crippen LogP contribution in [-0.2, 0) is 13.5 Å². The van der Waals surface area contributed by atoms with Crippen molar-refractivity contribution in [2.45, 2.75) is 6.42 Å². The highest BCUT2D eigenvalue weighted by molar-refractivity contribution is 5.88. The van der Waals surface area contributed by atoms with Gasteiger partial charge in [0.2, 0.25) is 0 Å². The molecule has 0 unspecified atom stereocenters. The summed E-state index contributed by atoms with van der Waals surface area (Å²) in [7, 11) is 1.76. The molecule has 106 valence electrons. The van der Waals surface area contributed by atoms with Crippen LogP contribution in [0.25, 0.3) is 0 Å². The Morgan fingerprint density at radius 1 is 1.40 bits per heavy atom. The van der Waals surface area contributed by atoms with Crippen molar-refractivity contribution < 1.29 is 18.7 Å². The van der Waals surface area contributed by atoms with E-state index in [2.05, 4.69) is 15.5 Å². The number of aromatic carboxylic acids is 1. The number of benzene rings is 1. The van der Waals surface area contributed by atoms with E-state index in [4.69, 9.17) is 5.11 Å². The van der Waals surface area contributed by atoms with Crippen LogP contribution in [0.1, 0.15) is 16.2 Å². The third-order valence-corrected chi connectivity index (χ3v) is 2.74. The molecule has 20 heavy (non-hydrogen) atoms. The molecular weight excluding hydrogens is 270 g/mol. The van der Waals surface area contributed by atoms with Gasteiger partial charge in [0.1, 0.15) is 29.5 Å². The molecule has 0 radical (unpaired) electrons. The Balaban J connectivity index is 2.06. The molecular formula is C12H12F2N4O2. The summed E-state index contributed by atoms with van der Waals surface area (Å²) in [5, 5.41) is 18.8. The SMILES string of the molecule is Cn1cnnc1CCNc1c(F)cc(C(=O)O)cc1F. The topological polar surface area (TPSA) is 80.0 Å². The van der Waals surface area contributed by atoms with Gasteiger partial charge in [-0.25, -0.2) is 13.6 Å². The lowest BCUT2D eigenvalue weighted by Crippen LogP contribution is -2.11. The fourth-order valence-electron chi connectivity index (χ4n) is 1.70. The summed E-state index contributed by atoms with van der Waals surface area (Å²) in [6.07, 6.45) is 1.95. The van der Waals surface area contributed by atoms with Gasteiger partial charge in [-0.1, -0.05) is 0 Å². The van der Waals surface area contributed by atoms with Gasteiger partial charge in [0.05, 0.1) is 5.56 Å². The lowest BCUT2D eigenvalue weighted by Gasteiger charge is -2.09. The first-order valence-corrected chi connectivity index (χ1v) is 5.78. The van der Waals surface area contributed by atoms with Gasteiger partial charge in [0, 0.05) is 20.0 Å². The molecule has 0 aliphatic carbocycles. The summed E-state index contributed by atoms with van der Waals surface area (Å²) < 4.78 is 28.9. The maximum absolute atomic E-state index is 13.6. The lowest BCUT2D eigenvalue weighted by atomic mass is 10.2. The maximum Gasteiger partial charge on any atom is 0.335 e. The van der Waals surface area contributed by atoms with E-state index in [0.29, 0.717) is 12.2 Å². The Morgan fingerprint density at radius 3 is 2.55 bits per heavy atom. The number of carboxylic acid groups (broad SMARTS) is 1. The Hall–Kier alpha value is -2.51. The number of carbonyl (C=O) groups is 1. The zero-order chi connectivity index (χ0) is 14.7. The number of rotatable bonds is 5. The monoisotopic (exact) mass is 282 g/mol. The molecule has 0 spiro atoms. The molecule has 2 N–H and O–H groups in total. The van der Waals surface area contributed by atoms with Crippen molar-refractivity contribution in [1.82, 2.24) is 14.8 Å². The van der Waals surface area contributed by atoms with E-state index < -0.39 is 23.2 Å². The number of halogens is 2. The number of hydrogen-bond acceptors (Lipinski definition) is 4.